The SMILES string of the molecule is O=C(Nc1ccc2c(c1)OCO2)C1CC[NH+](Cc2cc(-c3ccco3)on2)CC1. The van der Waals surface area contributed by atoms with E-state index in [9.17, 15) is 4.79 Å². The van der Waals surface area contributed by atoms with Crippen LogP contribution >= 0.6 is 0 Å². The minimum atomic E-state index is 0.0140. The van der Waals surface area contributed by atoms with Crippen LogP contribution in [0.25, 0.3) is 11.5 Å². The predicted octanol–water partition coefficient (Wildman–Crippen LogP) is 2.10. The Balaban J connectivity index is 1.13. The molecule has 0 atom stereocenters. The summed E-state index contributed by atoms with van der Waals surface area (Å²) in [5.41, 5.74) is 1.64. The Bertz CT molecular complexity index is 990. The third kappa shape index (κ3) is 3.84. The molecular formula is C21H22N3O5+. The van der Waals surface area contributed by atoms with E-state index in [0.717, 1.165) is 43.9 Å². The number of nitrogens with zero attached hydrogens (tertiary/aromatic N) is 1. The number of nitrogens with one attached hydrogen (secondary N) is 2. The molecule has 1 fully saturated rings. The second kappa shape index (κ2) is 7.63. The van der Waals surface area contributed by atoms with Crippen LogP contribution in [0.15, 0.2) is 51.6 Å². The van der Waals surface area contributed by atoms with Crippen LogP contribution in [0.4, 0.5) is 5.69 Å². The van der Waals surface area contributed by atoms with Gasteiger partial charge < -0.3 is 28.6 Å². The molecule has 8 heteroatoms. The average Bonchev–Trinajstić information content (AvgIpc) is 3.49. The molecule has 0 aliphatic carbocycles. The summed E-state index contributed by atoms with van der Waals surface area (Å²) < 4.78 is 21.4. The number of quaternary nitrogens is 1. The van der Waals surface area contributed by atoms with Gasteiger partial charge in [0, 0.05) is 36.6 Å². The number of aromatic nitrogens is 1. The van der Waals surface area contributed by atoms with E-state index in [1.54, 1.807) is 6.26 Å². The predicted molar refractivity (Wildman–Crippen MR) is 103 cm³/mol. The van der Waals surface area contributed by atoms with E-state index in [4.69, 9.17) is 18.4 Å². The molecule has 2 aliphatic rings. The smallest absolute Gasteiger partial charge is 0.231 e. The molecule has 2 aromatic heterocycles. The van der Waals surface area contributed by atoms with Gasteiger partial charge in [0.1, 0.15) is 12.2 Å². The first-order chi connectivity index (χ1) is 14.2. The minimum Gasteiger partial charge on any atom is -0.461 e. The van der Waals surface area contributed by atoms with Crippen LogP contribution in [0.1, 0.15) is 18.5 Å². The van der Waals surface area contributed by atoms with Gasteiger partial charge in [-0.3, -0.25) is 4.79 Å². The third-order valence-electron chi connectivity index (χ3n) is 5.46. The van der Waals surface area contributed by atoms with Gasteiger partial charge in [-0.25, -0.2) is 0 Å². The fourth-order valence-corrected chi connectivity index (χ4v) is 3.87. The van der Waals surface area contributed by atoms with Crippen molar-refractivity contribution in [3.05, 3.63) is 48.4 Å². The molecule has 150 valence electrons. The Morgan fingerprint density at radius 1 is 1.10 bits per heavy atom. The zero-order valence-corrected chi connectivity index (χ0v) is 15.8. The maximum Gasteiger partial charge on any atom is 0.231 e. The van der Waals surface area contributed by atoms with Crippen LogP contribution in [0.3, 0.4) is 0 Å². The summed E-state index contributed by atoms with van der Waals surface area (Å²) in [6, 6.07) is 11.1. The second-order valence-electron chi connectivity index (χ2n) is 7.42. The molecular weight excluding hydrogens is 374 g/mol. The van der Waals surface area contributed by atoms with Gasteiger partial charge in [-0.2, -0.15) is 0 Å². The van der Waals surface area contributed by atoms with Gasteiger partial charge in [0.05, 0.1) is 19.4 Å². The molecule has 3 aromatic rings. The van der Waals surface area contributed by atoms with Crippen LogP contribution in [0.2, 0.25) is 0 Å². The number of benzene rings is 1. The van der Waals surface area contributed by atoms with Gasteiger partial charge in [-0.15, -0.1) is 0 Å². The topological polar surface area (TPSA) is 91.2 Å². The summed E-state index contributed by atoms with van der Waals surface area (Å²) in [5.74, 6) is 2.77. The molecule has 0 bridgehead atoms. The number of piperidine rings is 1. The highest BCUT2D eigenvalue weighted by molar-refractivity contribution is 5.92. The van der Waals surface area contributed by atoms with Gasteiger partial charge in [-0.05, 0) is 24.3 Å². The van der Waals surface area contributed by atoms with Crippen molar-refractivity contribution >= 4 is 11.6 Å². The summed E-state index contributed by atoms with van der Waals surface area (Å²) in [7, 11) is 0. The molecule has 1 saturated heterocycles. The summed E-state index contributed by atoms with van der Waals surface area (Å²) in [4.78, 5) is 14.0. The van der Waals surface area contributed by atoms with Crippen LogP contribution < -0.4 is 19.7 Å². The number of ether oxygens (including phenoxy) is 2. The normalized spacial score (nSPS) is 20.6. The highest BCUT2D eigenvalue weighted by Gasteiger charge is 2.28. The Morgan fingerprint density at radius 2 is 1.97 bits per heavy atom. The number of anilines is 1. The molecule has 4 heterocycles. The number of hydrogen-bond donors (Lipinski definition) is 2. The van der Waals surface area contributed by atoms with E-state index in [1.807, 2.05) is 36.4 Å². The number of carbonyl (C=O) groups excluding carboxylic acids is 1. The van der Waals surface area contributed by atoms with Crippen molar-refractivity contribution < 1.29 is 28.1 Å². The van der Waals surface area contributed by atoms with Crippen LogP contribution in [0.5, 0.6) is 11.5 Å². The number of furan rings is 1. The number of amides is 1. The molecule has 29 heavy (non-hydrogen) atoms. The van der Waals surface area contributed by atoms with Crippen LogP contribution in [-0.4, -0.2) is 30.9 Å². The fraction of sp³-hybridized carbons (Fsp3) is 0.333. The van der Waals surface area contributed by atoms with Gasteiger partial charge in [0.15, 0.2) is 17.3 Å². The summed E-state index contributed by atoms with van der Waals surface area (Å²) >= 11 is 0. The number of hydrogen-bond acceptors (Lipinski definition) is 6. The Morgan fingerprint density at radius 3 is 2.79 bits per heavy atom. The van der Waals surface area contributed by atoms with Crippen molar-refractivity contribution in [2.24, 2.45) is 5.92 Å². The lowest BCUT2D eigenvalue weighted by atomic mass is 9.95. The lowest BCUT2D eigenvalue weighted by molar-refractivity contribution is -0.919. The number of fused-ring (bicyclic) bond motifs is 1. The zero-order chi connectivity index (χ0) is 19.6. The highest BCUT2D eigenvalue weighted by Crippen LogP contribution is 2.34. The summed E-state index contributed by atoms with van der Waals surface area (Å²) in [6.45, 7) is 2.84. The molecule has 2 N–H and O–H groups in total. The van der Waals surface area contributed by atoms with Crippen molar-refractivity contribution in [2.75, 3.05) is 25.2 Å². The first kappa shape index (κ1) is 17.8. The van der Waals surface area contributed by atoms with Crippen molar-refractivity contribution in [3.8, 4) is 23.0 Å². The first-order valence-corrected chi connectivity index (χ1v) is 9.78. The van der Waals surface area contributed by atoms with Crippen LogP contribution in [-0.2, 0) is 11.3 Å². The Hall–Kier alpha value is -3.26. The maximum absolute atomic E-state index is 12.6. The van der Waals surface area contributed by atoms with Gasteiger partial charge in [0.2, 0.25) is 18.5 Å². The van der Waals surface area contributed by atoms with E-state index in [-0.39, 0.29) is 18.6 Å². The fourth-order valence-electron chi connectivity index (χ4n) is 3.87. The molecule has 8 nitrogen and oxygen atoms in total. The highest BCUT2D eigenvalue weighted by atomic mass is 16.7. The van der Waals surface area contributed by atoms with Crippen molar-refractivity contribution in [3.63, 3.8) is 0 Å². The number of likely N-dealkylation sites (tertiary alicyclic amines) is 1. The standard InChI is InChI=1S/C21H21N3O5/c25-21(22-15-3-4-18-19(10-15)28-13-27-18)14-5-7-24(8-6-14)12-16-11-20(29-23-16)17-2-1-9-26-17/h1-4,9-11,14H,5-8,12-13H2,(H,22,25)/p+1. The van der Waals surface area contributed by atoms with Gasteiger partial charge in [-0.1, -0.05) is 5.16 Å². The van der Waals surface area contributed by atoms with E-state index < -0.39 is 0 Å². The second-order valence-corrected chi connectivity index (χ2v) is 7.42. The van der Waals surface area contributed by atoms with Gasteiger partial charge >= 0.3 is 0 Å². The molecule has 0 spiro atoms. The van der Waals surface area contributed by atoms with E-state index in [2.05, 4.69) is 10.5 Å². The molecule has 5 rings (SSSR count). The Labute approximate surface area is 167 Å². The molecule has 0 unspecified atom stereocenters. The van der Waals surface area contributed by atoms with Crippen LogP contribution in [0, 0.1) is 5.92 Å². The minimum absolute atomic E-state index is 0.0140. The van der Waals surface area contributed by atoms with Crippen molar-refractivity contribution in [2.45, 2.75) is 19.4 Å². The third-order valence-corrected chi connectivity index (χ3v) is 5.46. The number of carbonyl (C=O) groups is 1. The quantitative estimate of drug-likeness (QED) is 0.686. The van der Waals surface area contributed by atoms with E-state index in [1.165, 1.54) is 4.90 Å². The van der Waals surface area contributed by atoms with Crippen molar-refractivity contribution in [1.82, 2.24) is 5.16 Å². The van der Waals surface area contributed by atoms with E-state index in [0.29, 0.717) is 23.0 Å². The van der Waals surface area contributed by atoms with E-state index >= 15 is 0 Å². The number of rotatable bonds is 5. The molecule has 1 aromatic carbocycles. The van der Waals surface area contributed by atoms with Gasteiger partial charge in [0.25, 0.3) is 0 Å². The lowest BCUT2D eigenvalue weighted by Crippen LogP contribution is -3.11. The Kier molecular flexibility index (Phi) is 4.69. The molecule has 0 radical (unpaired) electrons. The summed E-state index contributed by atoms with van der Waals surface area (Å²) in [5, 5.41) is 7.15. The largest absolute Gasteiger partial charge is 0.461 e. The summed E-state index contributed by atoms with van der Waals surface area (Å²) in [6.07, 6.45) is 3.30. The monoisotopic (exact) mass is 396 g/mol. The zero-order valence-electron chi connectivity index (χ0n) is 15.8. The van der Waals surface area contributed by atoms with Crippen molar-refractivity contribution in [1.29, 1.82) is 0 Å². The lowest BCUT2D eigenvalue weighted by Gasteiger charge is -2.28. The average molecular weight is 396 g/mol. The molecule has 0 saturated carbocycles. The maximum atomic E-state index is 12.6. The molecule has 1 amide bonds. The molecule has 2 aliphatic heterocycles. The first-order valence-electron chi connectivity index (χ1n) is 9.78.